The molecule has 6 nitrogen and oxygen atoms in total. The topological polar surface area (TPSA) is 77.6 Å². The molecule has 0 bridgehead atoms. The van der Waals surface area contributed by atoms with Gasteiger partial charge in [-0.05, 0) is 60.1 Å². The van der Waals surface area contributed by atoms with Gasteiger partial charge in [-0.25, -0.2) is 4.39 Å². The molecule has 0 radical (unpaired) electrons. The van der Waals surface area contributed by atoms with Gasteiger partial charge < -0.3 is 25.0 Å². The fourth-order valence-corrected chi connectivity index (χ4v) is 3.06. The standard InChI is InChI=1S/C20H20FN3O3S/c1-27-17-7-2-13-10-14(19(26)23-18(13)11-17)12-24(8-9-25)20(28)22-16-5-3-15(21)4-6-16/h2-7,10-11,25H,8-9,12H2,1H3,(H,22,28)(H,23,26). The molecular formula is C20H20FN3O3S. The minimum Gasteiger partial charge on any atom is -0.497 e. The fourth-order valence-electron chi connectivity index (χ4n) is 2.78. The molecule has 0 spiro atoms. The molecule has 0 amide bonds. The summed E-state index contributed by atoms with van der Waals surface area (Å²) >= 11 is 5.41. The Balaban J connectivity index is 1.83. The maximum Gasteiger partial charge on any atom is 0.253 e. The lowest BCUT2D eigenvalue weighted by Gasteiger charge is -2.25. The summed E-state index contributed by atoms with van der Waals surface area (Å²) in [6.07, 6.45) is 0. The molecule has 0 aliphatic rings. The van der Waals surface area contributed by atoms with Crippen LogP contribution in [0.4, 0.5) is 10.1 Å². The van der Waals surface area contributed by atoms with Gasteiger partial charge in [0.05, 0.1) is 25.8 Å². The number of methoxy groups -OCH3 is 1. The number of benzene rings is 2. The molecule has 0 saturated heterocycles. The molecule has 0 fully saturated rings. The number of aliphatic hydroxyl groups excluding tert-OH is 1. The molecule has 0 aliphatic heterocycles. The van der Waals surface area contributed by atoms with E-state index in [0.29, 0.717) is 27.6 Å². The summed E-state index contributed by atoms with van der Waals surface area (Å²) in [6.45, 7) is 0.325. The summed E-state index contributed by atoms with van der Waals surface area (Å²) in [5.74, 6) is 0.311. The second-order valence-corrected chi connectivity index (χ2v) is 6.55. The molecule has 2 aromatic carbocycles. The first-order chi connectivity index (χ1) is 13.5. The average molecular weight is 401 g/mol. The predicted octanol–water partition coefficient (Wildman–Crippen LogP) is 2.87. The van der Waals surface area contributed by atoms with Crippen LogP contribution < -0.4 is 15.6 Å². The average Bonchev–Trinajstić information content (AvgIpc) is 2.69. The number of hydrogen-bond donors (Lipinski definition) is 3. The monoisotopic (exact) mass is 401 g/mol. The van der Waals surface area contributed by atoms with E-state index in [4.69, 9.17) is 17.0 Å². The van der Waals surface area contributed by atoms with Crippen molar-refractivity contribution in [3.8, 4) is 5.75 Å². The number of ether oxygens (including phenoxy) is 1. The largest absolute Gasteiger partial charge is 0.497 e. The van der Waals surface area contributed by atoms with Gasteiger partial charge in [-0.1, -0.05) is 0 Å². The zero-order valence-corrected chi connectivity index (χ0v) is 16.1. The van der Waals surface area contributed by atoms with Crippen molar-refractivity contribution in [1.82, 2.24) is 9.88 Å². The summed E-state index contributed by atoms with van der Waals surface area (Å²) in [6, 6.07) is 13.0. The summed E-state index contributed by atoms with van der Waals surface area (Å²) < 4.78 is 18.2. The molecular weight excluding hydrogens is 381 g/mol. The number of aromatic nitrogens is 1. The first kappa shape index (κ1) is 19.8. The third kappa shape index (κ3) is 4.65. The lowest BCUT2D eigenvalue weighted by Crippen LogP contribution is -2.37. The normalized spacial score (nSPS) is 10.7. The molecule has 146 valence electrons. The van der Waals surface area contributed by atoms with Gasteiger partial charge in [0.2, 0.25) is 0 Å². The number of halogens is 1. The minimum atomic E-state index is -0.344. The van der Waals surface area contributed by atoms with Gasteiger partial charge in [0.1, 0.15) is 11.6 Å². The number of rotatable bonds is 6. The zero-order valence-electron chi connectivity index (χ0n) is 15.2. The van der Waals surface area contributed by atoms with Crippen LogP contribution in [0.5, 0.6) is 5.75 Å². The van der Waals surface area contributed by atoms with Crippen molar-refractivity contribution >= 4 is 33.9 Å². The Kier molecular flexibility index (Phi) is 6.23. The van der Waals surface area contributed by atoms with E-state index in [-0.39, 0.29) is 31.1 Å². The van der Waals surface area contributed by atoms with Crippen molar-refractivity contribution in [2.24, 2.45) is 0 Å². The molecule has 28 heavy (non-hydrogen) atoms. The number of nitrogens with one attached hydrogen (secondary N) is 2. The van der Waals surface area contributed by atoms with Crippen LogP contribution in [0.2, 0.25) is 0 Å². The second kappa shape index (κ2) is 8.81. The van der Waals surface area contributed by atoms with E-state index in [1.165, 1.54) is 12.1 Å². The highest BCUT2D eigenvalue weighted by Gasteiger charge is 2.13. The molecule has 0 saturated carbocycles. The van der Waals surface area contributed by atoms with Crippen molar-refractivity contribution < 1.29 is 14.2 Å². The van der Waals surface area contributed by atoms with E-state index < -0.39 is 0 Å². The maximum atomic E-state index is 13.1. The maximum absolute atomic E-state index is 13.1. The van der Waals surface area contributed by atoms with E-state index >= 15 is 0 Å². The Labute approximate surface area is 166 Å². The summed E-state index contributed by atoms with van der Waals surface area (Å²) in [5, 5.41) is 13.6. The van der Waals surface area contributed by atoms with Crippen LogP contribution in [0, 0.1) is 5.82 Å². The number of anilines is 1. The van der Waals surface area contributed by atoms with Crippen molar-refractivity contribution in [1.29, 1.82) is 0 Å². The third-order valence-corrected chi connectivity index (χ3v) is 4.60. The van der Waals surface area contributed by atoms with E-state index in [0.717, 1.165) is 5.39 Å². The lowest BCUT2D eigenvalue weighted by molar-refractivity contribution is 0.248. The number of aromatic amines is 1. The van der Waals surface area contributed by atoms with Crippen molar-refractivity contribution in [2.75, 3.05) is 25.6 Å². The highest BCUT2D eigenvalue weighted by Crippen LogP contribution is 2.19. The van der Waals surface area contributed by atoms with Crippen LogP contribution in [0.25, 0.3) is 10.9 Å². The van der Waals surface area contributed by atoms with E-state index in [9.17, 15) is 14.3 Å². The molecule has 3 rings (SSSR count). The van der Waals surface area contributed by atoms with Crippen LogP contribution >= 0.6 is 12.2 Å². The summed E-state index contributed by atoms with van der Waals surface area (Å²) in [7, 11) is 1.56. The van der Waals surface area contributed by atoms with Crippen LogP contribution in [0.15, 0.2) is 53.3 Å². The highest BCUT2D eigenvalue weighted by atomic mass is 32.1. The van der Waals surface area contributed by atoms with Crippen LogP contribution in [0.3, 0.4) is 0 Å². The molecule has 3 aromatic rings. The molecule has 3 N–H and O–H groups in total. The number of fused-ring (bicyclic) bond motifs is 1. The lowest BCUT2D eigenvalue weighted by atomic mass is 10.1. The molecule has 0 atom stereocenters. The Morgan fingerprint density at radius 1 is 1.25 bits per heavy atom. The van der Waals surface area contributed by atoms with E-state index in [1.54, 1.807) is 36.3 Å². The predicted molar refractivity (Wildman–Crippen MR) is 111 cm³/mol. The van der Waals surface area contributed by atoms with Crippen LogP contribution in [-0.2, 0) is 6.54 Å². The zero-order chi connectivity index (χ0) is 20.1. The quantitative estimate of drug-likeness (QED) is 0.552. The number of nitrogens with zero attached hydrogens (tertiary/aromatic N) is 1. The first-order valence-electron chi connectivity index (χ1n) is 8.62. The van der Waals surface area contributed by atoms with Crippen molar-refractivity contribution in [2.45, 2.75) is 6.54 Å². The molecule has 8 heteroatoms. The van der Waals surface area contributed by atoms with Crippen LogP contribution in [-0.4, -0.2) is 40.4 Å². The Bertz CT molecular complexity index is 1040. The van der Waals surface area contributed by atoms with E-state index in [2.05, 4.69) is 10.3 Å². The number of aliphatic hydroxyl groups is 1. The Hall–Kier alpha value is -2.97. The second-order valence-electron chi connectivity index (χ2n) is 6.16. The smallest absolute Gasteiger partial charge is 0.253 e. The molecule has 0 aliphatic carbocycles. The van der Waals surface area contributed by atoms with Crippen molar-refractivity contribution in [3.05, 3.63) is 70.3 Å². The van der Waals surface area contributed by atoms with Gasteiger partial charge in [-0.3, -0.25) is 4.79 Å². The van der Waals surface area contributed by atoms with Gasteiger partial charge in [-0.2, -0.15) is 0 Å². The minimum absolute atomic E-state index is 0.131. The fraction of sp³-hybridized carbons (Fsp3) is 0.200. The molecule has 1 aromatic heterocycles. The number of pyridine rings is 1. The number of hydrogen-bond acceptors (Lipinski definition) is 4. The highest BCUT2D eigenvalue weighted by molar-refractivity contribution is 7.80. The molecule has 1 heterocycles. The summed E-state index contributed by atoms with van der Waals surface area (Å²) in [4.78, 5) is 17.0. The summed E-state index contributed by atoms with van der Waals surface area (Å²) in [5.41, 5.74) is 1.56. The number of thiocarbonyl (C=S) groups is 1. The van der Waals surface area contributed by atoms with Gasteiger partial charge in [-0.15, -0.1) is 0 Å². The molecule has 0 unspecified atom stereocenters. The van der Waals surface area contributed by atoms with E-state index in [1.807, 2.05) is 12.1 Å². The van der Waals surface area contributed by atoms with Gasteiger partial charge in [0.25, 0.3) is 5.56 Å². The van der Waals surface area contributed by atoms with Crippen molar-refractivity contribution in [3.63, 3.8) is 0 Å². The Morgan fingerprint density at radius 3 is 2.68 bits per heavy atom. The van der Waals surface area contributed by atoms with Gasteiger partial charge in [0, 0.05) is 23.9 Å². The van der Waals surface area contributed by atoms with Gasteiger partial charge in [0.15, 0.2) is 5.11 Å². The SMILES string of the molecule is COc1ccc2cc(CN(CCO)C(=S)Nc3ccc(F)cc3)c(=O)[nH]c2c1. The Morgan fingerprint density at radius 2 is 2.00 bits per heavy atom. The van der Waals surface area contributed by atoms with Gasteiger partial charge >= 0.3 is 0 Å². The first-order valence-corrected chi connectivity index (χ1v) is 9.03. The van der Waals surface area contributed by atoms with Crippen LogP contribution in [0.1, 0.15) is 5.56 Å². The number of H-pyrrole nitrogens is 1. The third-order valence-electron chi connectivity index (χ3n) is 4.24.